The van der Waals surface area contributed by atoms with Gasteiger partial charge in [0.1, 0.15) is 5.75 Å². The minimum Gasteiger partial charge on any atom is -0.497 e. The van der Waals surface area contributed by atoms with Gasteiger partial charge >= 0.3 is 0 Å². The molecule has 1 amide bonds. The van der Waals surface area contributed by atoms with Gasteiger partial charge in [-0.25, -0.2) is 8.42 Å². The van der Waals surface area contributed by atoms with Gasteiger partial charge in [-0.2, -0.15) is 0 Å². The summed E-state index contributed by atoms with van der Waals surface area (Å²) in [6.07, 6.45) is 2.10. The molecule has 0 aliphatic heterocycles. The number of nitrogens with one attached hydrogen (secondary N) is 1. The van der Waals surface area contributed by atoms with Crippen LogP contribution in [0.1, 0.15) is 11.1 Å². The predicted octanol–water partition coefficient (Wildman–Crippen LogP) is 2.00. The van der Waals surface area contributed by atoms with E-state index in [2.05, 4.69) is 5.32 Å². The lowest BCUT2D eigenvalue weighted by Crippen LogP contribution is -2.27. The van der Waals surface area contributed by atoms with Gasteiger partial charge in [-0.05, 0) is 41.8 Å². The second kappa shape index (κ2) is 7.97. The van der Waals surface area contributed by atoms with Crippen LogP contribution < -0.4 is 10.1 Å². The zero-order chi connectivity index (χ0) is 17.6. The minimum absolute atomic E-state index is 0.0926. The maximum Gasteiger partial charge on any atom is 0.224 e. The number of methoxy groups -OCH3 is 1. The molecule has 0 saturated heterocycles. The fourth-order valence-corrected chi connectivity index (χ4v) is 2.91. The number of benzene rings is 2. The Morgan fingerprint density at radius 1 is 1.08 bits per heavy atom. The second-order valence-electron chi connectivity index (χ2n) is 5.54. The van der Waals surface area contributed by atoms with Crippen LogP contribution in [0.4, 0.5) is 0 Å². The van der Waals surface area contributed by atoms with E-state index >= 15 is 0 Å². The number of carbonyl (C=O) groups is 1. The maximum atomic E-state index is 12.0. The number of sulfone groups is 1. The van der Waals surface area contributed by atoms with Crippen molar-refractivity contribution in [1.82, 2.24) is 5.32 Å². The largest absolute Gasteiger partial charge is 0.497 e. The molecule has 0 atom stereocenters. The molecular weight excluding hydrogens is 326 g/mol. The van der Waals surface area contributed by atoms with Crippen molar-refractivity contribution in [3.05, 3.63) is 59.7 Å². The number of rotatable bonds is 7. The first-order valence-corrected chi connectivity index (χ1v) is 9.46. The van der Waals surface area contributed by atoms with Gasteiger partial charge < -0.3 is 10.1 Å². The van der Waals surface area contributed by atoms with Crippen LogP contribution in [0.2, 0.25) is 0 Å². The summed E-state index contributed by atoms with van der Waals surface area (Å²) in [5, 5.41) is 2.86. The Morgan fingerprint density at radius 3 is 2.42 bits per heavy atom. The third-order valence-electron chi connectivity index (χ3n) is 3.59. The van der Waals surface area contributed by atoms with Gasteiger partial charge in [-0.15, -0.1) is 0 Å². The molecule has 1 N–H and O–H groups in total. The van der Waals surface area contributed by atoms with Crippen molar-refractivity contribution in [2.24, 2.45) is 0 Å². The molecule has 0 aliphatic carbocycles. The van der Waals surface area contributed by atoms with Crippen molar-refractivity contribution in [2.45, 2.75) is 17.7 Å². The summed E-state index contributed by atoms with van der Waals surface area (Å²) in [5.74, 6) is 0.704. The lowest BCUT2D eigenvalue weighted by molar-refractivity contribution is -0.120. The fraction of sp³-hybridized carbons (Fsp3) is 0.278. The monoisotopic (exact) mass is 347 g/mol. The van der Waals surface area contributed by atoms with E-state index in [1.165, 1.54) is 12.1 Å². The van der Waals surface area contributed by atoms with Gasteiger partial charge in [-0.3, -0.25) is 4.79 Å². The van der Waals surface area contributed by atoms with Gasteiger partial charge in [0.15, 0.2) is 9.84 Å². The summed E-state index contributed by atoms with van der Waals surface area (Å²) >= 11 is 0. The molecule has 0 saturated carbocycles. The Morgan fingerprint density at radius 2 is 1.79 bits per heavy atom. The summed E-state index contributed by atoms with van der Waals surface area (Å²) in [4.78, 5) is 12.2. The molecule has 0 unspecified atom stereocenters. The summed E-state index contributed by atoms with van der Waals surface area (Å²) < 4.78 is 28.0. The zero-order valence-electron chi connectivity index (χ0n) is 13.8. The van der Waals surface area contributed by atoms with E-state index in [0.29, 0.717) is 6.54 Å². The molecule has 5 nitrogen and oxygen atoms in total. The second-order valence-corrected chi connectivity index (χ2v) is 7.56. The van der Waals surface area contributed by atoms with Crippen LogP contribution in [-0.4, -0.2) is 34.2 Å². The van der Waals surface area contributed by atoms with Gasteiger partial charge in [0, 0.05) is 12.8 Å². The molecule has 0 spiro atoms. The average Bonchev–Trinajstić information content (AvgIpc) is 2.54. The standard InChI is InChI=1S/C18H21NO4S/c1-23-16-5-3-4-14(12-16)10-11-19-18(20)13-15-6-8-17(9-7-15)24(2,21)22/h3-9,12H,10-11,13H2,1-2H3,(H,19,20). The van der Waals surface area contributed by atoms with Gasteiger partial charge in [0.25, 0.3) is 0 Å². The number of hydrogen-bond donors (Lipinski definition) is 1. The van der Waals surface area contributed by atoms with Crippen LogP contribution in [0.3, 0.4) is 0 Å². The molecule has 0 radical (unpaired) electrons. The normalized spacial score (nSPS) is 11.1. The van der Waals surface area contributed by atoms with Gasteiger partial charge in [0.2, 0.25) is 5.91 Å². The third-order valence-corrected chi connectivity index (χ3v) is 4.71. The van der Waals surface area contributed by atoms with E-state index in [1.807, 2.05) is 24.3 Å². The highest BCUT2D eigenvalue weighted by Gasteiger charge is 2.08. The lowest BCUT2D eigenvalue weighted by atomic mass is 10.1. The van der Waals surface area contributed by atoms with Crippen molar-refractivity contribution in [1.29, 1.82) is 0 Å². The topological polar surface area (TPSA) is 72.5 Å². The number of hydrogen-bond acceptors (Lipinski definition) is 4. The Balaban J connectivity index is 1.83. The van der Waals surface area contributed by atoms with Crippen LogP contribution >= 0.6 is 0 Å². The van der Waals surface area contributed by atoms with E-state index in [1.54, 1.807) is 19.2 Å². The fourth-order valence-electron chi connectivity index (χ4n) is 2.28. The highest BCUT2D eigenvalue weighted by atomic mass is 32.2. The zero-order valence-corrected chi connectivity index (χ0v) is 14.6. The first-order valence-electron chi connectivity index (χ1n) is 7.57. The smallest absolute Gasteiger partial charge is 0.224 e. The van der Waals surface area contributed by atoms with Crippen molar-refractivity contribution < 1.29 is 17.9 Å². The van der Waals surface area contributed by atoms with E-state index in [0.717, 1.165) is 29.6 Å². The maximum absolute atomic E-state index is 12.0. The van der Waals surface area contributed by atoms with Crippen LogP contribution in [0.5, 0.6) is 5.75 Å². The first-order chi connectivity index (χ1) is 11.4. The molecule has 0 fully saturated rings. The van der Waals surface area contributed by atoms with Crippen LogP contribution in [0, 0.1) is 0 Å². The van der Waals surface area contributed by atoms with Crippen molar-refractivity contribution >= 4 is 15.7 Å². The van der Waals surface area contributed by atoms with Gasteiger partial charge in [-0.1, -0.05) is 24.3 Å². The Bertz CT molecular complexity index is 798. The molecule has 2 aromatic rings. The van der Waals surface area contributed by atoms with E-state index in [-0.39, 0.29) is 17.2 Å². The SMILES string of the molecule is COc1cccc(CCNC(=O)Cc2ccc(S(C)(=O)=O)cc2)c1. The molecule has 128 valence electrons. The van der Waals surface area contributed by atoms with Crippen LogP contribution in [0.15, 0.2) is 53.4 Å². The molecule has 0 bridgehead atoms. The average molecular weight is 347 g/mol. The predicted molar refractivity (Wildman–Crippen MR) is 93.0 cm³/mol. The van der Waals surface area contributed by atoms with E-state index in [4.69, 9.17) is 4.74 Å². The Kier molecular flexibility index (Phi) is 5.98. The molecule has 2 aromatic carbocycles. The van der Waals surface area contributed by atoms with Crippen molar-refractivity contribution in [2.75, 3.05) is 19.9 Å². The number of carbonyl (C=O) groups excluding carboxylic acids is 1. The third kappa shape index (κ3) is 5.38. The van der Waals surface area contributed by atoms with Crippen LogP contribution in [-0.2, 0) is 27.5 Å². The quantitative estimate of drug-likeness (QED) is 0.831. The summed E-state index contributed by atoms with van der Waals surface area (Å²) in [6, 6.07) is 14.1. The molecule has 0 aromatic heterocycles. The molecule has 24 heavy (non-hydrogen) atoms. The first kappa shape index (κ1) is 18.0. The van der Waals surface area contributed by atoms with Gasteiger partial charge in [0.05, 0.1) is 18.4 Å². The molecule has 6 heteroatoms. The summed E-state index contributed by atoms with van der Waals surface area (Å²) in [5.41, 5.74) is 1.87. The number of ether oxygens (including phenoxy) is 1. The highest BCUT2D eigenvalue weighted by molar-refractivity contribution is 7.90. The van der Waals surface area contributed by atoms with E-state index in [9.17, 15) is 13.2 Å². The Labute approximate surface area is 142 Å². The van der Waals surface area contributed by atoms with E-state index < -0.39 is 9.84 Å². The molecule has 0 heterocycles. The Hall–Kier alpha value is -2.34. The van der Waals surface area contributed by atoms with Crippen molar-refractivity contribution in [3.8, 4) is 5.75 Å². The summed E-state index contributed by atoms with van der Waals surface area (Å²) in [6.45, 7) is 0.535. The lowest BCUT2D eigenvalue weighted by Gasteiger charge is -2.07. The summed E-state index contributed by atoms with van der Waals surface area (Å²) in [7, 11) is -1.59. The molecule has 2 rings (SSSR count). The minimum atomic E-state index is -3.21. The number of amides is 1. The van der Waals surface area contributed by atoms with Crippen molar-refractivity contribution in [3.63, 3.8) is 0 Å². The molecular formula is C18H21NO4S. The highest BCUT2D eigenvalue weighted by Crippen LogP contribution is 2.13. The van der Waals surface area contributed by atoms with Crippen LogP contribution in [0.25, 0.3) is 0 Å². The molecule has 0 aliphatic rings.